The summed E-state index contributed by atoms with van der Waals surface area (Å²) in [4.78, 5) is 0. The van der Waals surface area contributed by atoms with Crippen LogP contribution in [0.5, 0.6) is 0 Å². The van der Waals surface area contributed by atoms with Gasteiger partial charge in [-0.25, -0.2) is 0 Å². The Morgan fingerprint density at radius 2 is 1.58 bits per heavy atom. The average molecular weight is 205 g/mol. The molecule has 0 aliphatic heterocycles. The normalized spacial score (nSPS) is 9.33. The SMILES string of the molecule is CCCS(=O)(=O)O.CCC[NH-].[Na+]. The summed E-state index contributed by atoms with van der Waals surface area (Å²) in [5, 5.41) is 0. The zero-order valence-corrected chi connectivity index (χ0v) is 10.8. The van der Waals surface area contributed by atoms with Crippen LogP contribution in [0.3, 0.4) is 0 Å². The van der Waals surface area contributed by atoms with Gasteiger partial charge in [0, 0.05) is 0 Å². The Kier molecular flexibility index (Phi) is 18.4. The summed E-state index contributed by atoms with van der Waals surface area (Å²) in [6.45, 7) is 4.25. The molecule has 0 unspecified atom stereocenters. The van der Waals surface area contributed by atoms with Gasteiger partial charge in [0.15, 0.2) is 0 Å². The van der Waals surface area contributed by atoms with Gasteiger partial charge >= 0.3 is 29.6 Å². The van der Waals surface area contributed by atoms with Crippen molar-refractivity contribution in [2.24, 2.45) is 0 Å². The first-order valence-electron chi connectivity index (χ1n) is 3.57. The molecule has 12 heavy (non-hydrogen) atoms. The van der Waals surface area contributed by atoms with Gasteiger partial charge in [-0.1, -0.05) is 20.3 Å². The standard InChI is InChI=1S/C3H8N.C3H8O3S.Na/c1-2-3-4;1-2-3-7(4,5)6;/h4H,2-3H2,1H3;2-3H2,1H3,(H,4,5,6);/q-1;;+1. The summed E-state index contributed by atoms with van der Waals surface area (Å²) in [5.41, 5.74) is 6.45. The summed E-state index contributed by atoms with van der Waals surface area (Å²) >= 11 is 0. The molecule has 0 rings (SSSR count). The molecule has 0 amide bonds. The van der Waals surface area contributed by atoms with Crippen molar-refractivity contribution < 1.29 is 42.5 Å². The second-order valence-electron chi connectivity index (χ2n) is 2.04. The van der Waals surface area contributed by atoms with Gasteiger partial charge in [0.1, 0.15) is 0 Å². The first-order valence-corrected chi connectivity index (χ1v) is 5.18. The van der Waals surface area contributed by atoms with E-state index in [1.807, 2.05) is 6.92 Å². The van der Waals surface area contributed by atoms with Crippen LogP contribution in [0.25, 0.3) is 5.73 Å². The third kappa shape index (κ3) is 30.7. The average Bonchev–Trinajstić information content (AvgIpc) is 1.86. The van der Waals surface area contributed by atoms with Crippen molar-refractivity contribution in [3.63, 3.8) is 0 Å². The molecule has 0 aromatic carbocycles. The van der Waals surface area contributed by atoms with Crippen LogP contribution in [0.15, 0.2) is 0 Å². The van der Waals surface area contributed by atoms with E-state index in [-0.39, 0.29) is 35.3 Å². The predicted octanol–water partition coefficient (Wildman–Crippen LogP) is -1.26. The second-order valence-corrected chi connectivity index (χ2v) is 3.61. The van der Waals surface area contributed by atoms with Gasteiger partial charge < -0.3 is 5.73 Å². The van der Waals surface area contributed by atoms with Crippen molar-refractivity contribution in [3.05, 3.63) is 5.73 Å². The maximum atomic E-state index is 9.79. The fraction of sp³-hybridized carbons (Fsp3) is 1.00. The summed E-state index contributed by atoms with van der Waals surface area (Å²) < 4.78 is 27.6. The van der Waals surface area contributed by atoms with Crippen molar-refractivity contribution in [2.45, 2.75) is 26.7 Å². The van der Waals surface area contributed by atoms with Crippen LogP contribution in [0, 0.1) is 0 Å². The van der Waals surface area contributed by atoms with Crippen LogP contribution in [0.1, 0.15) is 26.7 Å². The fourth-order valence-electron chi connectivity index (χ4n) is 0.258. The van der Waals surface area contributed by atoms with Crippen molar-refractivity contribution in [1.29, 1.82) is 0 Å². The molecule has 2 N–H and O–H groups in total. The first kappa shape index (κ1) is 18.6. The maximum absolute atomic E-state index is 9.79. The number of nitrogens with one attached hydrogen (secondary N) is 1. The molecule has 0 spiro atoms. The molecule has 4 nitrogen and oxygen atoms in total. The second kappa shape index (κ2) is 11.9. The summed E-state index contributed by atoms with van der Waals surface area (Å²) in [5.74, 6) is -0.132. The van der Waals surface area contributed by atoms with Gasteiger partial charge in [0.25, 0.3) is 10.1 Å². The molecule has 0 saturated carbocycles. The van der Waals surface area contributed by atoms with Crippen molar-refractivity contribution in [3.8, 4) is 0 Å². The van der Waals surface area contributed by atoms with E-state index in [0.29, 0.717) is 13.0 Å². The minimum absolute atomic E-state index is 0. The topological polar surface area (TPSA) is 78.2 Å². The molecule has 0 aromatic heterocycles. The van der Waals surface area contributed by atoms with Crippen LogP contribution in [-0.2, 0) is 10.1 Å². The van der Waals surface area contributed by atoms with Crippen molar-refractivity contribution in [2.75, 3.05) is 12.3 Å². The van der Waals surface area contributed by atoms with E-state index >= 15 is 0 Å². The molecular formula is C6H16NNaO3S. The molecule has 70 valence electrons. The minimum Gasteiger partial charge on any atom is -0.677 e. The Balaban J connectivity index is -0.000000142. The van der Waals surface area contributed by atoms with Crippen molar-refractivity contribution in [1.82, 2.24) is 0 Å². The zero-order chi connectivity index (χ0) is 9.33. The van der Waals surface area contributed by atoms with Gasteiger partial charge in [-0.15, -0.1) is 0 Å². The molecule has 0 heterocycles. The quantitative estimate of drug-likeness (QED) is 0.461. The van der Waals surface area contributed by atoms with Gasteiger partial charge in [0.2, 0.25) is 0 Å². The van der Waals surface area contributed by atoms with E-state index in [1.54, 1.807) is 6.92 Å². The molecule has 0 aliphatic carbocycles. The molecule has 0 saturated heterocycles. The Labute approximate surface area is 97.0 Å². The zero-order valence-electron chi connectivity index (χ0n) is 8.00. The monoisotopic (exact) mass is 205 g/mol. The van der Waals surface area contributed by atoms with Gasteiger partial charge in [0.05, 0.1) is 5.75 Å². The minimum atomic E-state index is -3.67. The first-order chi connectivity index (χ1) is 4.97. The van der Waals surface area contributed by atoms with E-state index in [1.165, 1.54) is 0 Å². The van der Waals surface area contributed by atoms with Gasteiger partial charge in [-0.3, -0.25) is 4.55 Å². The van der Waals surface area contributed by atoms with Crippen LogP contribution < -0.4 is 29.6 Å². The summed E-state index contributed by atoms with van der Waals surface area (Å²) in [7, 11) is -3.67. The summed E-state index contributed by atoms with van der Waals surface area (Å²) in [6.07, 6.45) is 1.46. The Bertz CT molecular complexity index is 156. The largest absolute Gasteiger partial charge is 1.00 e. The van der Waals surface area contributed by atoms with Gasteiger partial charge in [-0.2, -0.15) is 15.0 Å². The molecule has 0 atom stereocenters. The van der Waals surface area contributed by atoms with Gasteiger partial charge in [-0.05, 0) is 6.42 Å². The number of hydrogen-bond acceptors (Lipinski definition) is 2. The van der Waals surface area contributed by atoms with E-state index in [4.69, 9.17) is 10.3 Å². The molecule has 0 aromatic rings. The molecule has 0 aliphatic rings. The molecule has 6 heteroatoms. The Morgan fingerprint density at radius 3 is 1.58 bits per heavy atom. The Hall–Kier alpha value is 0.870. The molecule has 0 fully saturated rings. The smallest absolute Gasteiger partial charge is 0.677 e. The van der Waals surface area contributed by atoms with Crippen LogP contribution in [0.2, 0.25) is 0 Å². The van der Waals surface area contributed by atoms with Crippen LogP contribution in [-0.4, -0.2) is 25.3 Å². The molecule has 0 bridgehead atoms. The number of hydrogen-bond donors (Lipinski definition) is 1. The summed E-state index contributed by atoms with van der Waals surface area (Å²) in [6, 6.07) is 0. The van der Waals surface area contributed by atoms with Crippen molar-refractivity contribution >= 4 is 10.1 Å². The third-order valence-electron chi connectivity index (χ3n) is 0.712. The molecule has 0 radical (unpaired) electrons. The van der Waals surface area contributed by atoms with E-state index in [0.717, 1.165) is 6.42 Å². The predicted molar refractivity (Wildman–Crippen MR) is 46.2 cm³/mol. The van der Waals surface area contributed by atoms with Crippen LogP contribution >= 0.6 is 0 Å². The van der Waals surface area contributed by atoms with E-state index < -0.39 is 10.1 Å². The Morgan fingerprint density at radius 1 is 1.25 bits per heavy atom. The maximum Gasteiger partial charge on any atom is 1.00 e. The fourth-order valence-corrected chi connectivity index (χ4v) is 0.774. The van der Waals surface area contributed by atoms with E-state index in [9.17, 15) is 8.42 Å². The van der Waals surface area contributed by atoms with Crippen LogP contribution in [0.4, 0.5) is 0 Å². The third-order valence-corrected chi connectivity index (χ3v) is 1.64. The van der Waals surface area contributed by atoms with E-state index in [2.05, 4.69) is 0 Å². The molecular weight excluding hydrogens is 189 g/mol. The number of rotatable bonds is 3.